The SMILES string of the molecule is CCc1cc(F)ccc1P(=O)(O)C1(C#N)CC1. The van der Waals surface area contributed by atoms with E-state index >= 15 is 0 Å². The van der Waals surface area contributed by atoms with Crippen LogP contribution in [0.15, 0.2) is 18.2 Å². The number of nitriles is 1. The molecule has 3 nitrogen and oxygen atoms in total. The third-order valence-corrected chi connectivity index (χ3v) is 6.06. The molecule has 1 unspecified atom stereocenters. The average molecular weight is 253 g/mol. The van der Waals surface area contributed by atoms with Crippen molar-refractivity contribution < 1.29 is 13.8 Å². The van der Waals surface area contributed by atoms with Crippen LogP contribution >= 0.6 is 7.37 Å². The van der Waals surface area contributed by atoms with E-state index in [-0.39, 0.29) is 5.30 Å². The van der Waals surface area contributed by atoms with Crippen molar-refractivity contribution in [3.63, 3.8) is 0 Å². The van der Waals surface area contributed by atoms with Gasteiger partial charge in [-0.15, -0.1) is 0 Å². The van der Waals surface area contributed by atoms with E-state index in [1.54, 1.807) is 6.92 Å². The second-order valence-electron chi connectivity index (χ2n) is 4.35. The van der Waals surface area contributed by atoms with Gasteiger partial charge >= 0.3 is 0 Å². The van der Waals surface area contributed by atoms with E-state index in [2.05, 4.69) is 0 Å². The van der Waals surface area contributed by atoms with E-state index in [9.17, 15) is 13.8 Å². The van der Waals surface area contributed by atoms with Gasteiger partial charge in [0, 0.05) is 5.30 Å². The smallest absolute Gasteiger partial charge is 0.249 e. The summed E-state index contributed by atoms with van der Waals surface area (Å²) in [5.41, 5.74) is 0.511. The monoisotopic (exact) mass is 253 g/mol. The molecular weight excluding hydrogens is 240 g/mol. The summed E-state index contributed by atoms with van der Waals surface area (Å²) in [5.74, 6) is -0.424. The summed E-state index contributed by atoms with van der Waals surface area (Å²) in [6, 6.07) is 5.73. The van der Waals surface area contributed by atoms with Gasteiger partial charge in [0.2, 0.25) is 7.37 Å². The van der Waals surface area contributed by atoms with Crippen molar-refractivity contribution in [2.75, 3.05) is 0 Å². The summed E-state index contributed by atoms with van der Waals surface area (Å²) in [6.07, 6.45) is 1.36. The first-order valence-corrected chi connectivity index (χ1v) is 7.16. The fourth-order valence-electron chi connectivity index (χ4n) is 1.96. The maximum absolute atomic E-state index is 13.1. The predicted molar refractivity (Wildman–Crippen MR) is 62.8 cm³/mol. The van der Waals surface area contributed by atoms with E-state index < -0.39 is 18.3 Å². The molecule has 0 spiro atoms. The van der Waals surface area contributed by atoms with Crippen LogP contribution in [0.3, 0.4) is 0 Å². The lowest BCUT2D eigenvalue weighted by molar-refractivity contribution is 0.481. The molecule has 0 radical (unpaired) electrons. The minimum atomic E-state index is -3.74. The van der Waals surface area contributed by atoms with Gasteiger partial charge in [-0.1, -0.05) is 6.92 Å². The Morgan fingerprint density at radius 2 is 2.24 bits per heavy atom. The third kappa shape index (κ3) is 1.80. The Bertz CT molecular complexity index is 546. The van der Waals surface area contributed by atoms with Crippen molar-refractivity contribution >= 4 is 12.7 Å². The van der Waals surface area contributed by atoms with Crippen LogP contribution in [-0.2, 0) is 11.0 Å². The molecule has 17 heavy (non-hydrogen) atoms. The van der Waals surface area contributed by atoms with Gasteiger partial charge in [-0.2, -0.15) is 5.26 Å². The molecule has 0 aliphatic heterocycles. The quantitative estimate of drug-likeness (QED) is 0.841. The lowest BCUT2D eigenvalue weighted by Gasteiger charge is -2.19. The second kappa shape index (κ2) is 3.94. The molecule has 1 fully saturated rings. The highest BCUT2D eigenvalue weighted by Crippen LogP contribution is 2.66. The van der Waals surface area contributed by atoms with Crippen LogP contribution in [-0.4, -0.2) is 10.0 Å². The van der Waals surface area contributed by atoms with Gasteiger partial charge < -0.3 is 4.89 Å². The molecule has 0 aromatic heterocycles. The van der Waals surface area contributed by atoms with Gasteiger partial charge in [-0.05, 0) is 43.0 Å². The van der Waals surface area contributed by atoms with Gasteiger partial charge in [-0.25, -0.2) is 4.39 Å². The summed E-state index contributed by atoms with van der Waals surface area (Å²) in [5, 5.41) is 8.12. The molecule has 0 heterocycles. The van der Waals surface area contributed by atoms with E-state index in [0.29, 0.717) is 24.8 Å². The highest BCUT2D eigenvalue weighted by molar-refractivity contribution is 7.68. The van der Waals surface area contributed by atoms with Crippen LogP contribution in [0.2, 0.25) is 0 Å². The second-order valence-corrected chi connectivity index (χ2v) is 6.84. The van der Waals surface area contributed by atoms with Crippen LogP contribution in [0.1, 0.15) is 25.3 Å². The molecule has 5 heteroatoms. The van der Waals surface area contributed by atoms with Gasteiger partial charge in [0.1, 0.15) is 11.0 Å². The molecule has 1 N–H and O–H groups in total. The molecule has 2 rings (SSSR count). The van der Waals surface area contributed by atoms with Crippen LogP contribution in [0.4, 0.5) is 4.39 Å². The highest BCUT2D eigenvalue weighted by atomic mass is 31.2. The Morgan fingerprint density at radius 3 is 2.71 bits per heavy atom. The van der Waals surface area contributed by atoms with Crippen molar-refractivity contribution in [1.82, 2.24) is 0 Å². The molecule has 0 amide bonds. The van der Waals surface area contributed by atoms with Gasteiger partial charge in [0.05, 0.1) is 6.07 Å². The Kier molecular flexibility index (Phi) is 2.85. The van der Waals surface area contributed by atoms with Gasteiger partial charge in [0.25, 0.3) is 0 Å². The zero-order valence-corrected chi connectivity index (χ0v) is 10.4. The molecule has 0 bridgehead atoms. The maximum Gasteiger partial charge on any atom is 0.249 e. The number of rotatable bonds is 3. The number of hydrogen-bond acceptors (Lipinski definition) is 2. The van der Waals surface area contributed by atoms with Crippen LogP contribution in [0, 0.1) is 17.1 Å². The molecule has 1 aliphatic carbocycles. The molecule has 0 saturated heterocycles. The summed E-state index contributed by atoms with van der Waals surface area (Å²) >= 11 is 0. The van der Waals surface area contributed by atoms with Gasteiger partial charge in [-0.3, -0.25) is 4.57 Å². The first-order chi connectivity index (χ1) is 7.97. The zero-order valence-electron chi connectivity index (χ0n) is 9.48. The molecule has 90 valence electrons. The van der Waals surface area contributed by atoms with Crippen LogP contribution in [0.5, 0.6) is 0 Å². The van der Waals surface area contributed by atoms with E-state index in [1.807, 2.05) is 6.07 Å². The van der Waals surface area contributed by atoms with Gasteiger partial charge in [0.15, 0.2) is 0 Å². The van der Waals surface area contributed by atoms with E-state index in [0.717, 1.165) is 0 Å². The normalized spacial score (nSPS) is 20.4. The number of halogens is 1. The van der Waals surface area contributed by atoms with Crippen LogP contribution in [0.25, 0.3) is 0 Å². The highest BCUT2D eigenvalue weighted by Gasteiger charge is 2.59. The molecule has 1 atom stereocenters. The predicted octanol–water partition coefficient (Wildman–Crippen LogP) is 2.34. The molecule has 1 aliphatic rings. The topological polar surface area (TPSA) is 61.1 Å². The first kappa shape index (κ1) is 12.3. The number of nitrogens with zero attached hydrogens (tertiary/aromatic N) is 1. The lowest BCUT2D eigenvalue weighted by Crippen LogP contribution is -2.20. The standard InChI is InChI=1S/C12H13FNO2P/c1-2-9-7-10(13)3-4-11(9)17(15,16)12(8-14)5-6-12/h3-4,7H,2,5-6H2,1H3,(H,15,16). The number of hydrogen-bond donors (Lipinski definition) is 1. The fraction of sp³-hybridized carbons (Fsp3) is 0.417. The van der Waals surface area contributed by atoms with Crippen molar-refractivity contribution in [2.24, 2.45) is 0 Å². The summed E-state index contributed by atoms with van der Waals surface area (Å²) in [4.78, 5) is 10.2. The van der Waals surface area contributed by atoms with E-state index in [1.165, 1.54) is 18.2 Å². The Labute approximate surface area is 99.3 Å². The summed E-state index contributed by atoms with van der Waals surface area (Å²) in [7, 11) is -3.74. The Balaban J connectivity index is 2.55. The Morgan fingerprint density at radius 1 is 1.59 bits per heavy atom. The number of benzene rings is 1. The molecule has 1 aromatic carbocycles. The van der Waals surface area contributed by atoms with Crippen molar-refractivity contribution in [1.29, 1.82) is 5.26 Å². The fourth-order valence-corrected chi connectivity index (χ4v) is 4.17. The third-order valence-electron chi connectivity index (χ3n) is 3.26. The van der Waals surface area contributed by atoms with Crippen LogP contribution < -0.4 is 5.30 Å². The minimum Gasteiger partial charge on any atom is -0.340 e. The molecule has 1 aromatic rings. The van der Waals surface area contributed by atoms with E-state index in [4.69, 9.17) is 5.26 Å². The van der Waals surface area contributed by atoms with Crippen molar-refractivity contribution in [3.8, 4) is 6.07 Å². The minimum absolute atomic E-state index is 0.237. The molecular formula is C12H13FNO2P. The molecule has 1 saturated carbocycles. The number of aryl methyl sites for hydroxylation is 1. The summed E-state index contributed by atoms with van der Waals surface area (Å²) in [6.45, 7) is 1.80. The maximum atomic E-state index is 13.1. The van der Waals surface area contributed by atoms with Crippen molar-refractivity contribution in [3.05, 3.63) is 29.6 Å². The van der Waals surface area contributed by atoms with Crippen molar-refractivity contribution in [2.45, 2.75) is 31.3 Å². The largest absolute Gasteiger partial charge is 0.340 e. The lowest BCUT2D eigenvalue weighted by atomic mass is 10.2. The first-order valence-electron chi connectivity index (χ1n) is 5.50. The average Bonchev–Trinajstić information content (AvgIpc) is 3.09. The zero-order chi connectivity index (χ0) is 12.7. The Hall–Kier alpha value is -1.17. The summed E-state index contributed by atoms with van der Waals surface area (Å²) < 4.78 is 25.5.